The zero-order valence-corrected chi connectivity index (χ0v) is 6.74. The molecule has 1 saturated heterocycles. The first-order valence-electron chi connectivity index (χ1n) is 3.38. The van der Waals surface area contributed by atoms with E-state index in [4.69, 9.17) is 4.74 Å². The summed E-state index contributed by atoms with van der Waals surface area (Å²) in [5, 5.41) is 0. The van der Waals surface area contributed by atoms with Crippen LogP contribution in [0.5, 0.6) is 0 Å². The molecule has 1 atom stereocenters. The second kappa shape index (κ2) is 3.83. The molecule has 58 valence electrons. The zero-order valence-electron chi connectivity index (χ0n) is 5.92. The van der Waals surface area contributed by atoms with Gasteiger partial charge in [-0.25, -0.2) is 4.72 Å². The van der Waals surface area contributed by atoms with E-state index in [0.29, 0.717) is 6.61 Å². The minimum Gasteiger partial charge on any atom is -0.465 e. The molecule has 0 aromatic rings. The summed E-state index contributed by atoms with van der Waals surface area (Å²) in [6.07, 6.45) is 0.892. The third-order valence-corrected chi connectivity index (χ3v) is 2.20. The molecule has 0 unspecified atom stereocenters. The van der Waals surface area contributed by atoms with Crippen LogP contribution in [0, 0.1) is 0 Å². The highest BCUT2D eigenvalue weighted by atomic mass is 32.2. The molecule has 1 fully saturated rings. The van der Waals surface area contributed by atoms with Gasteiger partial charge in [-0.15, -0.1) is 0 Å². The molecule has 1 rings (SSSR count). The topological polar surface area (TPSA) is 38.3 Å². The van der Waals surface area contributed by atoms with Gasteiger partial charge in [-0.1, -0.05) is 11.9 Å². The van der Waals surface area contributed by atoms with Crippen molar-refractivity contribution in [2.45, 2.75) is 19.4 Å². The minimum atomic E-state index is -0.118. The van der Waals surface area contributed by atoms with E-state index in [1.165, 1.54) is 0 Å². The Labute approximate surface area is 64.6 Å². The van der Waals surface area contributed by atoms with Crippen LogP contribution in [0.25, 0.3) is 0 Å². The Bertz CT molecular complexity index is 123. The van der Waals surface area contributed by atoms with Crippen LogP contribution in [-0.4, -0.2) is 24.4 Å². The lowest BCUT2D eigenvalue weighted by molar-refractivity contribution is -0.144. The van der Waals surface area contributed by atoms with Crippen LogP contribution < -0.4 is 4.72 Å². The Hall–Kier alpha value is -0.220. The van der Waals surface area contributed by atoms with Crippen LogP contribution in [0.4, 0.5) is 0 Å². The Morgan fingerprint density at radius 2 is 2.70 bits per heavy atom. The van der Waals surface area contributed by atoms with Gasteiger partial charge in [-0.05, 0) is 13.3 Å². The zero-order chi connectivity index (χ0) is 7.40. The van der Waals surface area contributed by atoms with Crippen LogP contribution in [0.15, 0.2) is 0 Å². The van der Waals surface area contributed by atoms with E-state index < -0.39 is 0 Å². The average molecular weight is 161 g/mol. The number of rotatable bonds is 2. The van der Waals surface area contributed by atoms with Gasteiger partial charge in [0.2, 0.25) is 0 Å². The fourth-order valence-corrected chi connectivity index (χ4v) is 1.69. The SMILES string of the molecule is CCOC(=O)[C@@H]1CCSN1. The highest BCUT2D eigenvalue weighted by molar-refractivity contribution is 7.97. The first-order chi connectivity index (χ1) is 4.84. The molecular weight excluding hydrogens is 150 g/mol. The lowest BCUT2D eigenvalue weighted by atomic mass is 10.2. The van der Waals surface area contributed by atoms with Crippen molar-refractivity contribution in [3.05, 3.63) is 0 Å². The van der Waals surface area contributed by atoms with Crippen LogP contribution in [0.1, 0.15) is 13.3 Å². The Kier molecular flexibility index (Phi) is 3.02. The molecule has 0 radical (unpaired) electrons. The fourth-order valence-electron chi connectivity index (χ4n) is 0.804. The van der Waals surface area contributed by atoms with Gasteiger partial charge in [0.1, 0.15) is 6.04 Å². The quantitative estimate of drug-likeness (QED) is 0.474. The highest BCUT2D eigenvalue weighted by Crippen LogP contribution is 2.13. The van der Waals surface area contributed by atoms with Gasteiger partial charge in [-0.2, -0.15) is 0 Å². The number of esters is 1. The van der Waals surface area contributed by atoms with Crippen LogP contribution >= 0.6 is 11.9 Å². The molecule has 3 nitrogen and oxygen atoms in total. The monoisotopic (exact) mass is 161 g/mol. The predicted molar refractivity (Wildman–Crippen MR) is 40.6 cm³/mol. The normalized spacial score (nSPS) is 24.7. The number of carbonyl (C=O) groups excluding carboxylic acids is 1. The van der Waals surface area contributed by atoms with Crippen molar-refractivity contribution in [3.63, 3.8) is 0 Å². The summed E-state index contributed by atoms with van der Waals surface area (Å²) in [6, 6.07) is -0.0649. The molecule has 0 aliphatic carbocycles. The van der Waals surface area contributed by atoms with E-state index in [0.717, 1.165) is 12.2 Å². The first-order valence-corrected chi connectivity index (χ1v) is 4.37. The standard InChI is InChI=1S/C6H11NO2S/c1-2-9-6(8)5-3-4-10-7-5/h5,7H,2-4H2,1H3/t5-/m0/s1. The summed E-state index contributed by atoms with van der Waals surface area (Å²) >= 11 is 1.59. The van der Waals surface area contributed by atoms with Gasteiger partial charge in [0, 0.05) is 5.75 Å². The number of hydrogen-bond acceptors (Lipinski definition) is 4. The van der Waals surface area contributed by atoms with E-state index >= 15 is 0 Å². The summed E-state index contributed by atoms with van der Waals surface area (Å²) < 4.78 is 7.79. The molecule has 1 aliphatic heterocycles. The predicted octanol–water partition coefficient (Wildman–Crippen LogP) is 0.560. The van der Waals surface area contributed by atoms with Gasteiger partial charge >= 0.3 is 5.97 Å². The molecule has 0 spiro atoms. The van der Waals surface area contributed by atoms with E-state index in [2.05, 4.69) is 4.72 Å². The molecule has 0 saturated carbocycles. The minimum absolute atomic E-state index is 0.0649. The third kappa shape index (κ3) is 1.88. The maximum absolute atomic E-state index is 10.9. The molecular formula is C6H11NO2S. The van der Waals surface area contributed by atoms with Gasteiger partial charge in [0.05, 0.1) is 6.61 Å². The highest BCUT2D eigenvalue weighted by Gasteiger charge is 2.23. The number of ether oxygens (including phenoxy) is 1. The molecule has 10 heavy (non-hydrogen) atoms. The second-order valence-electron chi connectivity index (χ2n) is 2.06. The summed E-state index contributed by atoms with van der Waals surface area (Å²) in [7, 11) is 0. The second-order valence-corrected chi connectivity index (χ2v) is 2.99. The van der Waals surface area contributed by atoms with Gasteiger partial charge in [-0.3, -0.25) is 4.79 Å². The molecule has 1 heterocycles. The van der Waals surface area contributed by atoms with Crippen molar-refractivity contribution in [2.75, 3.05) is 12.4 Å². The van der Waals surface area contributed by atoms with Crippen molar-refractivity contribution >= 4 is 17.9 Å². The van der Waals surface area contributed by atoms with E-state index in [9.17, 15) is 4.79 Å². The van der Waals surface area contributed by atoms with Gasteiger partial charge < -0.3 is 4.74 Å². The maximum atomic E-state index is 10.9. The van der Waals surface area contributed by atoms with Crippen LogP contribution in [0.2, 0.25) is 0 Å². The molecule has 1 aliphatic rings. The van der Waals surface area contributed by atoms with E-state index in [1.54, 1.807) is 11.9 Å². The fraction of sp³-hybridized carbons (Fsp3) is 0.833. The average Bonchev–Trinajstić information content (AvgIpc) is 2.38. The van der Waals surface area contributed by atoms with E-state index in [1.807, 2.05) is 6.92 Å². The largest absolute Gasteiger partial charge is 0.465 e. The smallest absolute Gasteiger partial charge is 0.324 e. The first kappa shape index (κ1) is 7.88. The molecule has 0 aromatic carbocycles. The number of hydrogen-bond donors (Lipinski definition) is 1. The van der Waals surface area contributed by atoms with E-state index in [-0.39, 0.29) is 12.0 Å². The molecule has 0 bridgehead atoms. The summed E-state index contributed by atoms with van der Waals surface area (Å²) in [6.45, 7) is 2.29. The van der Waals surface area contributed by atoms with Crippen molar-refractivity contribution in [2.24, 2.45) is 0 Å². The Balaban J connectivity index is 2.25. The van der Waals surface area contributed by atoms with Crippen LogP contribution in [0.3, 0.4) is 0 Å². The Morgan fingerprint density at radius 3 is 3.20 bits per heavy atom. The molecule has 0 amide bonds. The molecule has 1 N–H and O–H groups in total. The molecule has 4 heteroatoms. The molecule has 0 aromatic heterocycles. The Morgan fingerprint density at radius 1 is 1.90 bits per heavy atom. The maximum Gasteiger partial charge on any atom is 0.324 e. The lowest BCUT2D eigenvalue weighted by Crippen LogP contribution is -2.29. The van der Waals surface area contributed by atoms with Gasteiger partial charge in [0.25, 0.3) is 0 Å². The van der Waals surface area contributed by atoms with Crippen LogP contribution in [-0.2, 0) is 9.53 Å². The van der Waals surface area contributed by atoms with Crippen molar-refractivity contribution < 1.29 is 9.53 Å². The summed E-state index contributed by atoms with van der Waals surface area (Å²) in [4.78, 5) is 10.9. The summed E-state index contributed by atoms with van der Waals surface area (Å²) in [5.41, 5.74) is 0. The number of carbonyl (C=O) groups is 1. The lowest BCUT2D eigenvalue weighted by Gasteiger charge is -2.06. The number of nitrogens with one attached hydrogen (secondary N) is 1. The van der Waals surface area contributed by atoms with Crippen molar-refractivity contribution in [3.8, 4) is 0 Å². The summed E-state index contributed by atoms with van der Waals surface area (Å²) in [5.74, 6) is 0.885. The van der Waals surface area contributed by atoms with Gasteiger partial charge in [0.15, 0.2) is 0 Å². The van der Waals surface area contributed by atoms with Crippen molar-refractivity contribution in [1.82, 2.24) is 4.72 Å². The third-order valence-electron chi connectivity index (χ3n) is 1.31. The van der Waals surface area contributed by atoms with Crippen molar-refractivity contribution in [1.29, 1.82) is 0 Å².